The fourth-order valence-electron chi connectivity index (χ4n) is 2.32. The molecule has 1 saturated carbocycles. The number of nitrogens with two attached hydrogens (primary N) is 1. The molecule has 2 rings (SSSR count). The van der Waals surface area contributed by atoms with E-state index in [0.29, 0.717) is 12.5 Å². The Balaban J connectivity index is 2.14. The molecule has 0 aromatic heterocycles. The molecular weight excluding hydrogens is 205 g/mol. The molecule has 0 radical (unpaired) electrons. The van der Waals surface area contributed by atoms with Crippen molar-refractivity contribution in [3.63, 3.8) is 0 Å². The predicted molar refractivity (Wildman–Crippen MR) is 61.5 cm³/mol. The predicted octanol–water partition coefficient (Wildman–Crippen LogP) is 2.03. The van der Waals surface area contributed by atoms with E-state index in [2.05, 4.69) is 0 Å². The first kappa shape index (κ1) is 11.6. The summed E-state index contributed by atoms with van der Waals surface area (Å²) in [6.07, 6.45) is 2.88. The fourth-order valence-corrected chi connectivity index (χ4v) is 2.32. The van der Waals surface area contributed by atoms with Crippen molar-refractivity contribution in [2.45, 2.75) is 31.3 Å². The summed E-state index contributed by atoms with van der Waals surface area (Å²) < 4.78 is 13.1. The lowest BCUT2D eigenvalue weighted by atomic mass is 9.75. The summed E-state index contributed by atoms with van der Waals surface area (Å²) in [5.41, 5.74) is 6.50. The van der Waals surface area contributed by atoms with E-state index < -0.39 is 6.10 Å². The molecule has 2 unspecified atom stereocenters. The van der Waals surface area contributed by atoms with Crippen molar-refractivity contribution in [3.05, 3.63) is 35.6 Å². The van der Waals surface area contributed by atoms with E-state index in [1.165, 1.54) is 18.6 Å². The van der Waals surface area contributed by atoms with Crippen LogP contribution in [-0.2, 0) is 0 Å². The molecule has 2 atom stereocenters. The number of benzene rings is 1. The van der Waals surface area contributed by atoms with Gasteiger partial charge in [0.05, 0.1) is 6.10 Å². The van der Waals surface area contributed by atoms with Gasteiger partial charge in [-0.15, -0.1) is 0 Å². The molecule has 1 fully saturated rings. The Bertz CT molecular complexity index is 352. The van der Waals surface area contributed by atoms with Gasteiger partial charge >= 0.3 is 0 Å². The standard InChI is InChI=1S/C13H18FNO/c14-11-6-2-5-10(7-11)12(8-15)13(16)9-3-1-4-9/h2,5-7,9,12-13,16H,1,3-4,8,15H2. The molecule has 1 aliphatic carbocycles. The van der Waals surface area contributed by atoms with Gasteiger partial charge in [0.1, 0.15) is 5.82 Å². The molecular formula is C13H18FNO. The second-order valence-corrected chi connectivity index (χ2v) is 4.58. The third-order valence-electron chi connectivity index (χ3n) is 3.58. The van der Waals surface area contributed by atoms with Crippen LogP contribution in [-0.4, -0.2) is 17.8 Å². The summed E-state index contributed by atoms with van der Waals surface area (Å²) in [7, 11) is 0. The highest BCUT2D eigenvalue weighted by Gasteiger charge is 2.31. The van der Waals surface area contributed by atoms with Crippen molar-refractivity contribution in [3.8, 4) is 0 Å². The lowest BCUT2D eigenvalue weighted by Gasteiger charge is -2.35. The molecule has 0 aliphatic heterocycles. The Morgan fingerprint density at radius 3 is 2.69 bits per heavy atom. The Labute approximate surface area is 95.3 Å². The van der Waals surface area contributed by atoms with E-state index in [1.54, 1.807) is 6.07 Å². The van der Waals surface area contributed by atoms with E-state index in [1.807, 2.05) is 6.07 Å². The number of halogens is 1. The molecule has 2 nitrogen and oxygen atoms in total. The molecule has 0 heterocycles. The summed E-state index contributed by atoms with van der Waals surface area (Å²) in [6.45, 7) is 0.362. The SMILES string of the molecule is NCC(c1cccc(F)c1)C(O)C1CCC1. The molecule has 1 aromatic rings. The zero-order valence-corrected chi connectivity index (χ0v) is 9.27. The van der Waals surface area contributed by atoms with Crippen molar-refractivity contribution in [2.24, 2.45) is 11.7 Å². The molecule has 1 aromatic carbocycles. The number of hydrogen-bond acceptors (Lipinski definition) is 2. The first-order valence-electron chi connectivity index (χ1n) is 5.86. The number of aliphatic hydroxyl groups excluding tert-OH is 1. The van der Waals surface area contributed by atoms with Gasteiger partial charge in [-0.3, -0.25) is 0 Å². The van der Waals surface area contributed by atoms with Crippen LogP contribution in [0.1, 0.15) is 30.7 Å². The number of rotatable bonds is 4. The lowest BCUT2D eigenvalue weighted by molar-refractivity contribution is 0.0419. The minimum atomic E-state index is -0.430. The van der Waals surface area contributed by atoms with E-state index >= 15 is 0 Å². The largest absolute Gasteiger partial charge is 0.392 e. The van der Waals surface area contributed by atoms with E-state index in [-0.39, 0.29) is 11.7 Å². The summed E-state index contributed by atoms with van der Waals surface area (Å²) in [5, 5.41) is 10.2. The van der Waals surface area contributed by atoms with Crippen molar-refractivity contribution < 1.29 is 9.50 Å². The second-order valence-electron chi connectivity index (χ2n) is 4.58. The van der Waals surface area contributed by atoms with Gasteiger partial charge in [0.2, 0.25) is 0 Å². The minimum absolute atomic E-state index is 0.138. The summed E-state index contributed by atoms with van der Waals surface area (Å²) in [4.78, 5) is 0. The van der Waals surface area contributed by atoms with Crippen LogP contribution in [0.15, 0.2) is 24.3 Å². The lowest BCUT2D eigenvalue weighted by Crippen LogP contribution is -2.35. The average molecular weight is 223 g/mol. The minimum Gasteiger partial charge on any atom is -0.392 e. The van der Waals surface area contributed by atoms with Gasteiger partial charge in [0.15, 0.2) is 0 Å². The normalized spacial score (nSPS) is 20.2. The van der Waals surface area contributed by atoms with Crippen LogP contribution in [0, 0.1) is 11.7 Å². The smallest absolute Gasteiger partial charge is 0.123 e. The maximum atomic E-state index is 13.1. The molecule has 0 saturated heterocycles. The van der Waals surface area contributed by atoms with Gasteiger partial charge in [0.25, 0.3) is 0 Å². The van der Waals surface area contributed by atoms with Crippen LogP contribution in [0.5, 0.6) is 0 Å². The summed E-state index contributed by atoms with van der Waals surface area (Å²) in [6, 6.07) is 6.38. The highest BCUT2D eigenvalue weighted by Crippen LogP contribution is 2.35. The Kier molecular flexibility index (Phi) is 3.56. The van der Waals surface area contributed by atoms with Crippen molar-refractivity contribution in [2.75, 3.05) is 6.54 Å². The van der Waals surface area contributed by atoms with Crippen LogP contribution in [0.2, 0.25) is 0 Å². The Morgan fingerprint density at radius 1 is 1.44 bits per heavy atom. The Morgan fingerprint density at radius 2 is 2.19 bits per heavy atom. The highest BCUT2D eigenvalue weighted by molar-refractivity contribution is 5.22. The summed E-state index contributed by atoms with van der Waals surface area (Å²) >= 11 is 0. The number of hydrogen-bond donors (Lipinski definition) is 2. The first-order valence-corrected chi connectivity index (χ1v) is 5.86. The molecule has 3 heteroatoms. The Hall–Kier alpha value is -0.930. The van der Waals surface area contributed by atoms with Gasteiger partial charge in [-0.1, -0.05) is 18.6 Å². The molecule has 3 N–H and O–H groups in total. The maximum Gasteiger partial charge on any atom is 0.123 e. The van der Waals surface area contributed by atoms with Crippen LogP contribution in [0.3, 0.4) is 0 Å². The van der Waals surface area contributed by atoms with Crippen LogP contribution < -0.4 is 5.73 Å². The van der Waals surface area contributed by atoms with Crippen molar-refractivity contribution in [1.29, 1.82) is 0 Å². The van der Waals surface area contributed by atoms with Crippen molar-refractivity contribution >= 4 is 0 Å². The summed E-state index contributed by atoms with van der Waals surface area (Å²) in [5.74, 6) is -0.0606. The molecule has 0 bridgehead atoms. The third-order valence-corrected chi connectivity index (χ3v) is 3.58. The molecule has 0 spiro atoms. The second kappa shape index (κ2) is 4.93. The van der Waals surface area contributed by atoms with Gasteiger partial charge in [-0.05, 0) is 36.5 Å². The maximum absolute atomic E-state index is 13.1. The topological polar surface area (TPSA) is 46.2 Å². The monoisotopic (exact) mass is 223 g/mol. The van der Waals surface area contributed by atoms with Gasteiger partial charge in [-0.25, -0.2) is 4.39 Å². The van der Waals surface area contributed by atoms with Crippen LogP contribution >= 0.6 is 0 Å². The quantitative estimate of drug-likeness (QED) is 0.820. The first-order chi connectivity index (χ1) is 7.72. The number of aliphatic hydroxyl groups is 1. The molecule has 1 aliphatic rings. The van der Waals surface area contributed by atoms with E-state index in [4.69, 9.17) is 5.73 Å². The fraction of sp³-hybridized carbons (Fsp3) is 0.538. The zero-order chi connectivity index (χ0) is 11.5. The molecule has 88 valence electrons. The van der Waals surface area contributed by atoms with E-state index in [0.717, 1.165) is 18.4 Å². The zero-order valence-electron chi connectivity index (χ0n) is 9.27. The molecule has 16 heavy (non-hydrogen) atoms. The van der Waals surface area contributed by atoms with E-state index in [9.17, 15) is 9.50 Å². The van der Waals surface area contributed by atoms with Gasteiger partial charge < -0.3 is 10.8 Å². The highest BCUT2D eigenvalue weighted by atomic mass is 19.1. The van der Waals surface area contributed by atoms with Crippen LogP contribution in [0.4, 0.5) is 4.39 Å². The van der Waals surface area contributed by atoms with Gasteiger partial charge in [0, 0.05) is 12.5 Å². The average Bonchev–Trinajstić information content (AvgIpc) is 2.16. The van der Waals surface area contributed by atoms with Crippen LogP contribution in [0.25, 0.3) is 0 Å². The molecule has 0 amide bonds. The third kappa shape index (κ3) is 2.25. The van der Waals surface area contributed by atoms with Crippen molar-refractivity contribution in [1.82, 2.24) is 0 Å². The van der Waals surface area contributed by atoms with Gasteiger partial charge in [-0.2, -0.15) is 0 Å².